The number of aromatic nitrogens is 1. The van der Waals surface area contributed by atoms with Crippen molar-refractivity contribution in [2.24, 2.45) is 11.7 Å². The van der Waals surface area contributed by atoms with Gasteiger partial charge in [-0.15, -0.1) is 0 Å². The number of aryl methyl sites for hydroxylation is 1. The van der Waals surface area contributed by atoms with Crippen molar-refractivity contribution in [1.82, 2.24) is 4.98 Å². The number of nitrogens with two attached hydrogens (primary N) is 1. The van der Waals surface area contributed by atoms with Crippen molar-refractivity contribution in [3.63, 3.8) is 0 Å². The van der Waals surface area contributed by atoms with Crippen LogP contribution >= 0.6 is 0 Å². The standard InChI is InChI=1S/C15H22N2O2/c1-11-3-2-6-17-14(11)13(16)12-4-7-19-15(9-12)5-8-18-10-15/h2-3,6,12-13H,4-5,7-10,16H2,1H3. The lowest BCUT2D eigenvalue weighted by molar-refractivity contribution is -0.101. The molecule has 4 nitrogen and oxygen atoms in total. The average molecular weight is 262 g/mol. The van der Waals surface area contributed by atoms with Crippen molar-refractivity contribution in [3.05, 3.63) is 29.6 Å². The van der Waals surface area contributed by atoms with Gasteiger partial charge in [-0.3, -0.25) is 4.98 Å². The van der Waals surface area contributed by atoms with Crippen molar-refractivity contribution in [1.29, 1.82) is 0 Å². The van der Waals surface area contributed by atoms with Gasteiger partial charge in [-0.1, -0.05) is 6.07 Å². The number of ether oxygens (including phenoxy) is 2. The van der Waals surface area contributed by atoms with Crippen LogP contribution in [0.25, 0.3) is 0 Å². The smallest absolute Gasteiger partial charge is 0.0940 e. The van der Waals surface area contributed by atoms with Gasteiger partial charge in [0.15, 0.2) is 0 Å². The summed E-state index contributed by atoms with van der Waals surface area (Å²) in [7, 11) is 0. The molecular formula is C15H22N2O2. The van der Waals surface area contributed by atoms with E-state index in [1.165, 1.54) is 5.56 Å². The molecule has 4 heteroatoms. The van der Waals surface area contributed by atoms with Crippen LogP contribution in [0.3, 0.4) is 0 Å². The van der Waals surface area contributed by atoms with Crippen molar-refractivity contribution in [3.8, 4) is 0 Å². The molecule has 0 saturated carbocycles. The summed E-state index contributed by atoms with van der Waals surface area (Å²) in [5.41, 5.74) is 8.59. The van der Waals surface area contributed by atoms with E-state index in [1.807, 2.05) is 12.3 Å². The van der Waals surface area contributed by atoms with E-state index in [4.69, 9.17) is 15.2 Å². The first-order valence-corrected chi connectivity index (χ1v) is 7.09. The molecule has 2 aliphatic heterocycles. The summed E-state index contributed by atoms with van der Waals surface area (Å²) in [4.78, 5) is 4.47. The number of hydrogen-bond acceptors (Lipinski definition) is 4. The van der Waals surface area contributed by atoms with Crippen LogP contribution in [0, 0.1) is 12.8 Å². The molecule has 0 radical (unpaired) electrons. The van der Waals surface area contributed by atoms with Gasteiger partial charge in [0.2, 0.25) is 0 Å². The third-order valence-electron chi connectivity index (χ3n) is 4.47. The van der Waals surface area contributed by atoms with Crippen LogP contribution in [0.1, 0.15) is 36.6 Å². The van der Waals surface area contributed by atoms with Gasteiger partial charge in [0.1, 0.15) is 0 Å². The third-order valence-corrected chi connectivity index (χ3v) is 4.47. The van der Waals surface area contributed by atoms with Gasteiger partial charge in [0.05, 0.1) is 23.9 Å². The van der Waals surface area contributed by atoms with Gasteiger partial charge in [-0.25, -0.2) is 0 Å². The van der Waals surface area contributed by atoms with E-state index in [9.17, 15) is 0 Å². The lowest BCUT2D eigenvalue weighted by Gasteiger charge is -2.39. The van der Waals surface area contributed by atoms with E-state index in [-0.39, 0.29) is 11.6 Å². The summed E-state index contributed by atoms with van der Waals surface area (Å²) < 4.78 is 11.5. The second-order valence-electron chi connectivity index (χ2n) is 5.82. The number of pyridine rings is 1. The Labute approximate surface area is 114 Å². The van der Waals surface area contributed by atoms with E-state index in [1.54, 1.807) is 0 Å². The van der Waals surface area contributed by atoms with Crippen molar-refractivity contribution in [2.45, 2.75) is 37.8 Å². The first-order chi connectivity index (χ1) is 9.20. The van der Waals surface area contributed by atoms with Gasteiger partial charge in [-0.05, 0) is 37.3 Å². The Morgan fingerprint density at radius 3 is 3.11 bits per heavy atom. The van der Waals surface area contributed by atoms with Crippen LogP contribution in [-0.4, -0.2) is 30.4 Å². The van der Waals surface area contributed by atoms with E-state index in [0.717, 1.165) is 44.8 Å². The van der Waals surface area contributed by atoms with Gasteiger partial charge in [0, 0.05) is 25.8 Å². The highest BCUT2D eigenvalue weighted by Gasteiger charge is 2.42. The molecule has 2 aliphatic rings. The SMILES string of the molecule is Cc1cccnc1C(N)C1CCOC2(CCOC2)C1. The summed E-state index contributed by atoms with van der Waals surface area (Å²) in [6.45, 7) is 4.39. The predicted molar refractivity (Wildman–Crippen MR) is 72.7 cm³/mol. The zero-order valence-corrected chi connectivity index (χ0v) is 11.5. The maximum absolute atomic E-state index is 6.46. The topological polar surface area (TPSA) is 57.4 Å². The molecule has 0 bridgehead atoms. The molecule has 3 unspecified atom stereocenters. The second-order valence-corrected chi connectivity index (χ2v) is 5.82. The Morgan fingerprint density at radius 1 is 1.47 bits per heavy atom. The molecule has 2 fully saturated rings. The molecular weight excluding hydrogens is 240 g/mol. The maximum Gasteiger partial charge on any atom is 0.0940 e. The lowest BCUT2D eigenvalue weighted by atomic mass is 9.80. The Balaban J connectivity index is 1.76. The molecule has 1 spiro atoms. The minimum absolute atomic E-state index is 0.00238. The highest BCUT2D eigenvalue weighted by Crippen LogP contribution is 2.40. The molecule has 19 heavy (non-hydrogen) atoms. The molecule has 2 N–H and O–H groups in total. The highest BCUT2D eigenvalue weighted by molar-refractivity contribution is 5.21. The first kappa shape index (κ1) is 13.0. The quantitative estimate of drug-likeness (QED) is 0.885. The van der Waals surface area contributed by atoms with Gasteiger partial charge < -0.3 is 15.2 Å². The number of nitrogens with zero attached hydrogens (tertiary/aromatic N) is 1. The maximum atomic E-state index is 6.46. The molecule has 3 atom stereocenters. The fourth-order valence-corrected chi connectivity index (χ4v) is 3.31. The van der Waals surface area contributed by atoms with Crippen molar-refractivity contribution in [2.75, 3.05) is 19.8 Å². The fraction of sp³-hybridized carbons (Fsp3) is 0.667. The van der Waals surface area contributed by atoms with Crippen LogP contribution < -0.4 is 5.73 Å². The lowest BCUT2D eigenvalue weighted by Crippen LogP contribution is -2.43. The summed E-state index contributed by atoms with van der Waals surface area (Å²) in [6, 6.07) is 4.04. The van der Waals surface area contributed by atoms with E-state index in [0.29, 0.717) is 5.92 Å². The summed E-state index contributed by atoms with van der Waals surface area (Å²) in [5.74, 6) is 0.434. The number of hydrogen-bond donors (Lipinski definition) is 1. The Kier molecular flexibility index (Phi) is 3.56. The third kappa shape index (κ3) is 2.53. The molecule has 0 amide bonds. The first-order valence-electron chi connectivity index (χ1n) is 7.09. The minimum Gasteiger partial charge on any atom is -0.378 e. The molecule has 104 valence electrons. The van der Waals surface area contributed by atoms with Crippen LogP contribution in [0.5, 0.6) is 0 Å². The Hall–Kier alpha value is -0.970. The average Bonchev–Trinajstić information content (AvgIpc) is 2.86. The van der Waals surface area contributed by atoms with Crippen LogP contribution in [-0.2, 0) is 9.47 Å². The molecule has 3 heterocycles. The largest absolute Gasteiger partial charge is 0.378 e. The van der Waals surface area contributed by atoms with E-state index in [2.05, 4.69) is 18.0 Å². The van der Waals surface area contributed by atoms with Gasteiger partial charge in [-0.2, -0.15) is 0 Å². The molecule has 2 saturated heterocycles. The van der Waals surface area contributed by atoms with E-state index >= 15 is 0 Å². The molecule has 3 rings (SSSR count). The summed E-state index contributed by atoms with van der Waals surface area (Å²) >= 11 is 0. The van der Waals surface area contributed by atoms with Crippen molar-refractivity contribution >= 4 is 0 Å². The predicted octanol–water partition coefficient (Wildman–Crippen LogP) is 1.98. The Morgan fingerprint density at radius 2 is 2.37 bits per heavy atom. The monoisotopic (exact) mass is 262 g/mol. The number of rotatable bonds is 2. The van der Waals surface area contributed by atoms with Crippen LogP contribution in [0.2, 0.25) is 0 Å². The fourth-order valence-electron chi connectivity index (χ4n) is 3.31. The zero-order valence-electron chi connectivity index (χ0n) is 11.5. The molecule has 1 aromatic rings. The van der Waals surface area contributed by atoms with Crippen LogP contribution in [0.15, 0.2) is 18.3 Å². The normalized spacial score (nSPS) is 32.6. The molecule has 1 aromatic heterocycles. The Bertz CT molecular complexity index is 444. The van der Waals surface area contributed by atoms with Gasteiger partial charge in [0.25, 0.3) is 0 Å². The highest BCUT2D eigenvalue weighted by atomic mass is 16.6. The molecule has 0 aromatic carbocycles. The summed E-state index contributed by atoms with van der Waals surface area (Å²) in [6.07, 6.45) is 4.83. The van der Waals surface area contributed by atoms with Crippen molar-refractivity contribution < 1.29 is 9.47 Å². The van der Waals surface area contributed by atoms with Gasteiger partial charge >= 0.3 is 0 Å². The van der Waals surface area contributed by atoms with Crippen LogP contribution in [0.4, 0.5) is 0 Å². The second kappa shape index (κ2) is 5.19. The summed E-state index contributed by atoms with van der Waals surface area (Å²) in [5, 5.41) is 0. The zero-order chi connectivity index (χ0) is 13.3. The van der Waals surface area contributed by atoms with E-state index < -0.39 is 0 Å². The minimum atomic E-state index is -0.0801. The molecule has 0 aliphatic carbocycles.